The lowest BCUT2D eigenvalue weighted by Crippen LogP contribution is -2.46. The van der Waals surface area contributed by atoms with Gasteiger partial charge >= 0.3 is 5.97 Å². The van der Waals surface area contributed by atoms with Crippen molar-refractivity contribution in [3.63, 3.8) is 0 Å². The van der Waals surface area contributed by atoms with E-state index in [9.17, 15) is 15.0 Å². The highest BCUT2D eigenvalue weighted by Gasteiger charge is 2.51. The van der Waals surface area contributed by atoms with Crippen LogP contribution in [-0.4, -0.2) is 58.5 Å². The van der Waals surface area contributed by atoms with Crippen molar-refractivity contribution in [3.8, 4) is 0 Å². The van der Waals surface area contributed by atoms with Crippen molar-refractivity contribution < 1.29 is 19.7 Å². The quantitative estimate of drug-likeness (QED) is 0.539. The predicted octanol–water partition coefficient (Wildman–Crippen LogP) is 0.0626. The molecule has 0 saturated carbocycles. The van der Waals surface area contributed by atoms with Gasteiger partial charge in [0.05, 0.1) is 12.2 Å². The zero-order valence-electron chi connectivity index (χ0n) is 11.0. The van der Waals surface area contributed by atoms with E-state index in [1.165, 1.54) is 0 Å². The number of carbonyl (C=O) groups is 1. The summed E-state index contributed by atoms with van der Waals surface area (Å²) in [4.78, 5) is 13.7. The molecule has 2 aliphatic heterocycles. The molecule has 1 unspecified atom stereocenters. The first-order valence-corrected chi connectivity index (χ1v) is 6.37. The second-order valence-electron chi connectivity index (χ2n) is 5.25. The summed E-state index contributed by atoms with van der Waals surface area (Å²) in [5, 5.41) is 19.8. The summed E-state index contributed by atoms with van der Waals surface area (Å²) in [6.07, 6.45) is 1.17. The number of hydrogen-bond acceptors (Lipinski definition) is 5. The Morgan fingerprint density at radius 1 is 1.28 bits per heavy atom. The summed E-state index contributed by atoms with van der Waals surface area (Å²) in [6.45, 7) is 3.51. The van der Waals surface area contributed by atoms with Gasteiger partial charge in [-0.15, -0.1) is 0 Å². The number of nitrogens with zero attached hydrogens (tertiary/aromatic N) is 1. The van der Waals surface area contributed by atoms with Crippen LogP contribution in [0.4, 0.5) is 0 Å². The summed E-state index contributed by atoms with van der Waals surface area (Å²) < 4.78 is 5.41. The molecule has 5 nitrogen and oxygen atoms in total. The number of allylic oxidation sites excluding steroid dienone is 1. The second-order valence-corrected chi connectivity index (χ2v) is 5.25. The topological polar surface area (TPSA) is 70.0 Å². The van der Waals surface area contributed by atoms with E-state index >= 15 is 0 Å². The van der Waals surface area contributed by atoms with Crippen molar-refractivity contribution in [3.05, 3.63) is 11.6 Å². The maximum Gasteiger partial charge on any atom is 0.333 e. The molecule has 2 N–H and O–H groups in total. The molecule has 5 atom stereocenters. The minimum absolute atomic E-state index is 0.123. The number of aliphatic hydroxyl groups is 2. The van der Waals surface area contributed by atoms with Gasteiger partial charge in [0.1, 0.15) is 6.10 Å². The zero-order chi connectivity index (χ0) is 13.4. The van der Waals surface area contributed by atoms with Gasteiger partial charge in [0.25, 0.3) is 0 Å². The van der Waals surface area contributed by atoms with Gasteiger partial charge in [0.2, 0.25) is 0 Å². The molecule has 0 amide bonds. The fraction of sp³-hybridized carbons (Fsp3) is 0.769. The van der Waals surface area contributed by atoms with Crippen LogP contribution >= 0.6 is 0 Å². The molecule has 5 heteroatoms. The van der Waals surface area contributed by atoms with Crippen LogP contribution in [0.1, 0.15) is 26.7 Å². The van der Waals surface area contributed by atoms with Gasteiger partial charge in [-0.3, -0.25) is 4.90 Å². The first-order chi connectivity index (χ1) is 8.45. The molecule has 0 radical (unpaired) electrons. The summed E-state index contributed by atoms with van der Waals surface area (Å²) in [5.74, 6) is -0.310. The molecular formula is C13H21NO4. The molecule has 2 aliphatic rings. The molecule has 2 rings (SSSR count). The largest absolute Gasteiger partial charge is 0.459 e. The lowest BCUT2D eigenvalue weighted by molar-refractivity contribution is -0.148. The third-order valence-electron chi connectivity index (χ3n) is 4.22. The fourth-order valence-electron chi connectivity index (χ4n) is 2.89. The number of likely N-dealkylation sites (N-methyl/N-ethyl adjacent to an activating group) is 1. The number of piperidine rings is 1. The average molecular weight is 255 g/mol. The molecule has 0 aromatic rings. The molecular weight excluding hydrogens is 234 g/mol. The maximum atomic E-state index is 11.7. The number of aliphatic hydroxyl groups excluding tert-OH is 2. The first-order valence-electron chi connectivity index (χ1n) is 6.37. The SMILES string of the molecule is C/C=C(/C)C(=O)OC1C[C@@H]2[C@H](O)[C@H](O)[C@H](C1)N2C. The minimum atomic E-state index is -0.744. The molecule has 2 heterocycles. The van der Waals surface area contributed by atoms with Crippen LogP contribution in [0.2, 0.25) is 0 Å². The first kappa shape index (κ1) is 13.5. The Morgan fingerprint density at radius 2 is 1.78 bits per heavy atom. The van der Waals surface area contributed by atoms with Crippen molar-refractivity contribution in [2.24, 2.45) is 0 Å². The monoisotopic (exact) mass is 255 g/mol. The third-order valence-corrected chi connectivity index (χ3v) is 4.22. The van der Waals surface area contributed by atoms with Gasteiger partial charge in [0.15, 0.2) is 0 Å². The van der Waals surface area contributed by atoms with Crippen molar-refractivity contribution in [2.75, 3.05) is 7.05 Å². The van der Waals surface area contributed by atoms with E-state index in [0.717, 1.165) is 0 Å². The smallest absolute Gasteiger partial charge is 0.333 e. The number of carbonyl (C=O) groups excluding carboxylic acids is 1. The van der Waals surface area contributed by atoms with Crippen LogP contribution in [0.5, 0.6) is 0 Å². The summed E-state index contributed by atoms with van der Waals surface area (Å²) >= 11 is 0. The van der Waals surface area contributed by atoms with E-state index < -0.39 is 12.2 Å². The Bertz CT molecular complexity index is 342. The highest BCUT2D eigenvalue weighted by atomic mass is 16.5. The molecule has 0 aromatic carbocycles. The highest BCUT2D eigenvalue weighted by Crippen LogP contribution is 2.36. The van der Waals surface area contributed by atoms with Gasteiger partial charge in [-0.05, 0) is 20.9 Å². The van der Waals surface area contributed by atoms with E-state index in [1.807, 2.05) is 11.9 Å². The van der Waals surface area contributed by atoms with Gasteiger partial charge in [-0.25, -0.2) is 4.79 Å². The van der Waals surface area contributed by atoms with Crippen LogP contribution in [0.25, 0.3) is 0 Å². The van der Waals surface area contributed by atoms with E-state index in [0.29, 0.717) is 18.4 Å². The molecule has 2 fully saturated rings. The lowest BCUT2D eigenvalue weighted by Gasteiger charge is -2.35. The van der Waals surface area contributed by atoms with E-state index in [-0.39, 0.29) is 24.2 Å². The molecule has 18 heavy (non-hydrogen) atoms. The minimum Gasteiger partial charge on any atom is -0.459 e. The number of hydrogen-bond donors (Lipinski definition) is 2. The van der Waals surface area contributed by atoms with Gasteiger partial charge in [-0.1, -0.05) is 6.08 Å². The number of ether oxygens (including phenoxy) is 1. The van der Waals surface area contributed by atoms with Gasteiger partial charge < -0.3 is 14.9 Å². The highest BCUT2D eigenvalue weighted by molar-refractivity contribution is 5.87. The molecule has 0 aliphatic carbocycles. The Balaban J connectivity index is 2.02. The maximum absolute atomic E-state index is 11.7. The standard InChI is InChI=1S/C13H21NO4/c1-4-7(2)13(17)18-8-5-9-11(15)12(16)10(6-8)14(9)3/h4,8-12,15-16H,5-6H2,1-3H3/b7-4-/t8?,9-,10+,11+,12-. The van der Waals surface area contributed by atoms with Crippen LogP contribution in [0.15, 0.2) is 11.6 Å². The van der Waals surface area contributed by atoms with Crippen molar-refractivity contribution >= 4 is 5.97 Å². The lowest BCUT2D eigenvalue weighted by atomic mass is 10.00. The van der Waals surface area contributed by atoms with Crippen LogP contribution in [-0.2, 0) is 9.53 Å². The number of esters is 1. The summed E-state index contributed by atoms with van der Waals surface area (Å²) in [5.41, 5.74) is 0.586. The zero-order valence-corrected chi connectivity index (χ0v) is 11.0. The number of fused-ring (bicyclic) bond motifs is 2. The van der Waals surface area contributed by atoms with Crippen LogP contribution < -0.4 is 0 Å². The van der Waals surface area contributed by atoms with Crippen molar-refractivity contribution in [2.45, 2.75) is 57.1 Å². The van der Waals surface area contributed by atoms with Crippen molar-refractivity contribution in [1.29, 1.82) is 0 Å². The molecule has 0 spiro atoms. The van der Waals surface area contributed by atoms with Crippen molar-refractivity contribution in [1.82, 2.24) is 4.90 Å². The number of rotatable bonds is 2. The summed E-state index contributed by atoms with van der Waals surface area (Å²) in [6, 6.07) is -0.245. The van der Waals surface area contributed by atoms with Crippen LogP contribution in [0, 0.1) is 0 Å². The second kappa shape index (κ2) is 4.99. The predicted molar refractivity (Wildman–Crippen MR) is 65.9 cm³/mol. The molecule has 102 valence electrons. The Labute approximate surface area is 107 Å². The van der Waals surface area contributed by atoms with E-state index in [4.69, 9.17) is 4.74 Å². The normalized spacial score (nSPS) is 40.9. The summed E-state index contributed by atoms with van der Waals surface area (Å²) in [7, 11) is 1.89. The Hall–Kier alpha value is -0.910. The van der Waals surface area contributed by atoms with Gasteiger partial charge in [0, 0.05) is 30.5 Å². The van der Waals surface area contributed by atoms with Gasteiger partial charge in [-0.2, -0.15) is 0 Å². The van der Waals surface area contributed by atoms with Crippen LogP contribution in [0.3, 0.4) is 0 Å². The Kier molecular flexibility index (Phi) is 3.75. The van der Waals surface area contributed by atoms with E-state index in [2.05, 4.69) is 0 Å². The van der Waals surface area contributed by atoms with E-state index in [1.54, 1.807) is 19.9 Å². The molecule has 2 saturated heterocycles. The Morgan fingerprint density at radius 3 is 2.22 bits per heavy atom. The third kappa shape index (κ3) is 2.18. The fourth-order valence-corrected chi connectivity index (χ4v) is 2.89. The molecule has 2 bridgehead atoms. The average Bonchev–Trinajstić information content (AvgIpc) is 2.50. The molecule has 0 aromatic heterocycles.